The SMILES string of the molecule is COc1cccc(N2NN(C)N(C)C2=O)c1COc1ccc(-n2ncc(C)c2C)cc1C. The molecule has 2 aromatic carbocycles. The van der Waals surface area contributed by atoms with Crippen LogP contribution in [-0.4, -0.2) is 47.1 Å². The van der Waals surface area contributed by atoms with Crippen molar-refractivity contribution in [3.8, 4) is 17.2 Å². The smallest absolute Gasteiger partial charge is 0.355 e. The molecule has 4 rings (SSSR count). The zero-order valence-corrected chi connectivity index (χ0v) is 19.2. The Morgan fingerprint density at radius 1 is 1.03 bits per heavy atom. The van der Waals surface area contributed by atoms with Crippen molar-refractivity contribution >= 4 is 11.7 Å². The third-order valence-corrected chi connectivity index (χ3v) is 5.76. The summed E-state index contributed by atoms with van der Waals surface area (Å²) in [4.78, 5) is 12.7. The summed E-state index contributed by atoms with van der Waals surface area (Å²) in [7, 11) is 5.07. The highest BCUT2D eigenvalue weighted by Gasteiger charge is 2.33. The van der Waals surface area contributed by atoms with Gasteiger partial charge in [-0.25, -0.2) is 19.5 Å². The molecule has 0 atom stereocenters. The van der Waals surface area contributed by atoms with Crippen LogP contribution < -0.4 is 20.0 Å². The standard InChI is InChI=1S/C23H28N6O3/c1-15-12-18(28-17(3)16(2)13-24-28)10-11-21(15)32-14-19-20(8-7-9-22(19)31-6)29-23(30)26(4)27(5)25-29/h7-13,25H,14H2,1-6H3. The first-order valence-electron chi connectivity index (χ1n) is 10.3. The Kier molecular flexibility index (Phi) is 5.77. The molecule has 1 aliphatic heterocycles. The van der Waals surface area contributed by atoms with Gasteiger partial charge in [0.1, 0.15) is 18.1 Å². The van der Waals surface area contributed by atoms with Gasteiger partial charge in [0, 0.05) is 19.8 Å². The van der Waals surface area contributed by atoms with E-state index in [9.17, 15) is 4.79 Å². The van der Waals surface area contributed by atoms with Gasteiger partial charge in [-0.1, -0.05) is 6.07 Å². The predicted molar refractivity (Wildman–Crippen MR) is 122 cm³/mol. The molecular formula is C23H28N6O3. The number of aromatic nitrogens is 2. The van der Waals surface area contributed by atoms with E-state index < -0.39 is 0 Å². The molecule has 32 heavy (non-hydrogen) atoms. The minimum absolute atomic E-state index is 0.201. The number of carbonyl (C=O) groups is 1. The fraction of sp³-hybridized carbons (Fsp3) is 0.304. The minimum Gasteiger partial charge on any atom is -0.496 e. The summed E-state index contributed by atoms with van der Waals surface area (Å²) in [6, 6.07) is 11.3. The van der Waals surface area contributed by atoms with Crippen molar-refractivity contribution in [1.82, 2.24) is 25.4 Å². The summed E-state index contributed by atoms with van der Waals surface area (Å²) < 4.78 is 13.7. The highest BCUT2D eigenvalue weighted by Crippen LogP contribution is 2.32. The number of aryl methyl sites for hydroxylation is 2. The van der Waals surface area contributed by atoms with Gasteiger partial charge < -0.3 is 9.47 Å². The lowest BCUT2D eigenvalue weighted by Gasteiger charge is -2.21. The second-order valence-corrected chi connectivity index (χ2v) is 7.79. The quantitative estimate of drug-likeness (QED) is 0.637. The van der Waals surface area contributed by atoms with E-state index in [1.807, 2.05) is 68.0 Å². The van der Waals surface area contributed by atoms with Crippen LogP contribution in [0.5, 0.6) is 11.5 Å². The molecule has 1 aliphatic rings. The van der Waals surface area contributed by atoms with Gasteiger partial charge in [0.15, 0.2) is 0 Å². The molecule has 168 valence electrons. The molecule has 1 N–H and O–H groups in total. The van der Waals surface area contributed by atoms with Gasteiger partial charge in [-0.2, -0.15) is 5.10 Å². The van der Waals surface area contributed by atoms with Gasteiger partial charge in [0.25, 0.3) is 0 Å². The molecule has 0 unspecified atom stereocenters. The Hall–Kier alpha value is -3.56. The lowest BCUT2D eigenvalue weighted by molar-refractivity contribution is 0.0652. The van der Waals surface area contributed by atoms with E-state index >= 15 is 0 Å². The lowest BCUT2D eigenvalue weighted by Crippen LogP contribution is -2.39. The van der Waals surface area contributed by atoms with Crippen molar-refractivity contribution in [1.29, 1.82) is 0 Å². The molecular weight excluding hydrogens is 408 g/mol. The number of hydrogen-bond acceptors (Lipinski definition) is 6. The highest BCUT2D eigenvalue weighted by atomic mass is 16.5. The number of anilines is 1. The number of urea groups is 1. The number of carbonyl (C=O) groups excluding carboxylic acids is 1. The number of nitrogens with one attached hydrogen (secondary N) is 1. The van der Waals surface area contributed by atoms with Gasteiger partial charge >= 0.3 is 6.03 Å². The van der Waals surface area contributed by atoms with E-state index in [-0.39, 0.29) is 12.6 Å². The van der Waals surface area contributed by atoms with E-state index in [0.29, 0.717) is 11.4 Å². The Morgan fingerprint density at radius 2 is 1.81 bits per heavy atom. The Bertz CT molecular complexity index is 1160. The molecule has 9 heteroatoms. The molecule has 2 heterocycles. The number of hydrazine groups is 3. The topological polar surface area (TPSA) is 75.1 Å². The molecule has 9 nitrogen and oxygen atoms in total. The Labute approximate surface area is 187 Å². The van der Waals surface area contributed by atoms with Crippen molar-refractivity contribution in [3.63, 3.8) is 0 Å². The van der Waals surface area contributed by atoms with Crippen LogP contribution >= 0.6 is 0 Å². The van der Waals surface area contributed by atoms with Crippen molar-refractivity contribution in [3.05, 3.63) is 65.0 Å². The molecule has 1 fully saturated rings. The average Bonchev–Trinajstić information content (AvgIpc) is 3.25. The van der Waals surface area contributed by atoms with Crippen molar-refractivity contribution in [2.75, 3.05) is 26.2 Å². The Morgan fingerprint density at radius 3 is 2.41 bits per heavy atom. The van der Waals surface area contributed by atoms with E-state index in [4.69, 9.17) is 9.47 Å². The van der Waals surface area contributed by atoms with Crippen LogP contribution in [0.2, 0.25) is 0 Å². The van der Waals surface area contributed by atoms with E-state index in [1.165, 1.54) is 10.0 Å². The lowest BCUT2D eigenvalue weighted by atomic mass is 10.1. The maximum atomic E-state index is 12.7. The highest BCUT2D eigenvalue weighted by molar-refractivity contribution is 5.93. The van der Waals surface area contributed by atoms with Gasteiger partial charge in [-0.05, 0) is 62.2 Å². The van der Waals surface area contributed by atoms with E-state index in [1.54, 1.807) is 26.3 Å². The number of benzene rings is 2. The summed E-state index contributed by atoms with van der Waals surface area (Å²) in [5, 5.41) is 9.01. The summed E-state index contributed by atoms with van der Waals surface area (Å²) in [5.41, 5.74) is 8.68. The van der Waals surface area contributed by atoms with Crippen molar-refractivity contribution in [2.45, 2.75) is 27.4 Å². The van der Waals surface area contributed by atoms with Crippen LogP contribution in [0.1, 0.15) is 22.4 Å². The Balaban J connectivity index is 1.60. The monoisotopic (exact) mass is 436 g/mol. The summed E-state index contributed by atoms with van der Waals surface area (Å²) in [6.45, 7) is 6.33. The summed E-state index contributed by atoms with van der Waals surface area (Å²) in [6.07, 6.45) is 1.86. The van der Waals surface area contributed by atoms with Gasteiger partial charge in [-0.3, -0.25) is 0 Å². The largest absolute Gasteiger partial charge is 0.496 e. The van der Waals surface area contributed by atoms with Gasteiger partial charge in [0.05, 0.1) is 30.2 Å². The zero-order valence-electron chi connectivity index (χ0n) is 19.2. The first kappa shape index (κ1) is 21.7. The molecule has 0 aliphatic carbocycles. The minimum atomic E-state index is -0.201. The van der Waals surface area contributed by atoms with Crippen LogP contribution in [0, 0.1) is 20.8 Å². The molecule has 1 saturated heterocycles. The molecule has 0 spiro atoms. The predicted octanol–water partition coefficient (Wildman–Crippen LogP) is 3.52. The van der Waals surface area contributed by atoms with Crippen LogP contribution in [0.4, 0.5) is 10.5 Å². The van der Waals surface area contributed by atoms with E-state index in [2.05, 4.69) is 10.6 Å². The van der Waals surface area contributed by atoms with Crippen LogP contribution in [0.25, 0.3) is 5.69 Å². The van der Waals surface area contributed by atoms with Gasteiger partial charge in [-0.15, -0.1) is 10.7 Å². The zero-order chi connectivity index (χ0) is 23.0. The molecule has 0 bridgehead atoms. The second-order valence-electron chi connectivity index (χ2n) is 7.79. The maximum Gasteiger partial charge on any atom is 0.355 e. The number of rotatable bonds is 6. The fourth-order valence-corrected chi connectivity index (χ4v) is 3.61. The number of ether oxygens (including phenoxy) is 2. The van der Waals surface area contributed by atoms with Crippen LogP contribution in [-0.2, 0) is 6.61 Å². The average molecular weight is 437 g/mol. The van der Waals surface area contributed by atoms with Gasteiger partial charge in [0.2, 0.25) is 0 Å². The van der Waals surface area contributed by atoms with Crippen molar-refractivity contribution in [2.24, 2.45) is 0 Å². The number of amides is 2. The molecule has 0 radical (unpaired) electrons. The molecule has 1 aromatic heterocycles. The molecule has 0 saturated carbocycles. The summed E-state index contributed by atoms with van der Waals surface area (Å²) >= 11 is 0. The molecule has 2 amide bonds. The summed E-state index contributed by atoms with van der Waals surface area (Å²) in [5.74, 6) is 1.40. The second kappa shape index (κ2) is 8.52. The fourth-order valence-electron chi connectivity index (χ4n) is 3.61. The van der Waals surface area contributed by atoms with Crippen molar-refractivity contribution < 1.29 is 14.3 Å². The number of hydrogen-bond donors (Lipinski definition) is 1. The third kappa shape index (κ3) is 3.76. The van der Waals surface area contributed by atoms with E-state index in [0.717, 1.165) is 33.8 Å². The number of methoxy groups -OCH3 is 1. The van der Waals surface area contributed by atoms with Crippen LogP contribution in [0.3, 0.4) is 0 Å². The first-order valence-corrected chi connectivity index (χ1v) is 10.3. The van der Waals surface area contributed by atoms with Crippen LogP contribution in [0.15, 0.2) is 42.6 Å². The third-order valence-electron chi connectivity index (χ3n) is 5.76. The normalized spacial score (nSPS) is 14.4. The first-order chi connectivity index (χ1) is 15.3. The maximum absolute atomic E-state index is 12.7. The molecule has 3 aromatic rings. The number of nitrogens with zero attached hydrogens (tertiary/aromatic N) is 5.